The molecule has 0 spiro atoms. The minimum Gasteiger partial charge on any atom is -0.376 e. The molecule has 0 aliphatic heterocycles. The monoisotopic (exact) mass is 372 g/mol. The first-order valence-electron chi connectivity index (χ1n) is 5.79. The van der Waals surface area contributed by atoms with Crippen LogP contribution in [0.3, 0.4) is 0 Å². The van der Waals surface area contributed by atoms with Crippen molar-refractivity contribution in [3.05, 3.63) is 57.0 Å². The summed E-state index contributed by atoms with van der Waals surface area (Å²) in [6.07, 6.45) is 0. The Morgan fingerprint density at radius 3 is 2.50 bits per heavy atom. The van der Waals surface area contributed by atoms with E-state index in [1.807, 2.05) is 24.3 Å². The number of halogens is 3. The predicted octanol–water partition coefficient (Wildman–Crippen LogP) is 4.81. The molecular weight excluding hydrogens is 363 g/mol. The van der Waals surface area contributed by atoms with Gasteiger partial charge in [0.1, 0.15) is 0 Å². The largest absolute Gasteiger partial charge is 0.376 e. The summed E-state index contributed by atoms with van der Waals surface area (Å²) in [6, 6.07) is 12.6. The van der Waals surface area contributed by atoms with Crippen LogP contribution >= 0.6 is 39.1 Å². The molecule has 0 bridgehead atoms. The minimum absolute atomic E-state index is 0.143. The number of nitrogens with one attached hydrogen (secondary N) is 2. The van der Waals surface area contributed by atoms with Crippen LogP contribution in [0.2, 0.25) is 10.0 Å². The van der Waals surface area contributed by atoms with Crippen molar-refractivity contribution in [1.82, 2.24) is 0 Å². The van der Waals surface area contributed by atoms with Crippen LogP contribution in [0.15, 0.2) is 46.9 Å². The average Bonchev–Trinajstić information content (AvgIpc) is 2.43. The van der Waals surface area contributed by atoms with E-state index in [4.69, 9.17) is 23.2 Å². The highest BCUT2D eigenvalue weighted by Crippen LogP contribution is 2.29. The summed E-state index contributed by atoms with van der Waals surface area (Å²) in [6.45, 7) is 0.143. The molecule has 1 amide bonds. The molecule has 0 radical (unpaired) electrons. The van der Waals surface area contributed by atoms with E-state index in [1.165, 1.54) is 0 Å². The molecule has 0 unspecified atom stereocenters. The summed E-state index contributed by atoms with van der Waals surface area (Å²) in [5.74, 6) is -0.197. The van der Waals surface area contributed by atoms with Gasteiger partial charge in [0.05, 0.1) is 22.3 Å². The number of anilines is 2. The van der Waals surface area contributed by atoms with Crippen LogP contribution in [0.25, 0.3) is 0 Å². The van der Waals surface area contributed by atoms with Gasteiger partial charge < -0.3 is 10.6 Å². The first kappa shape index (κ1) is 15.2. The van der Waals surface area contributed by atoms with Crippen molar-refractivity contribution in [2.24, 2.45) is 0 Å². The molecule has 0 aliphatic rings. The Labute approximate surface area is 135 Å². The Balaban J connectivity index is 1.92. The molecule has 0 heterocycles. The van der Waals surface area contributed by atoms with Gasteiger partial charge in [-0.3, -0.25) is 4.79 Å². The van der Waals surface area contributed by atoms with Crippen LogP contribution < -0.4 is 10.6 Å². The highest BCUT2D eigenvalue weighted by atomic mass is 79.9. The molecule has 2 rings (SSSR count). The summed E-state index contributed by atoms with van der Waals surface area (Å²) in [4.78, 5) is 11.8. The van der Waals surface area contributed by atoms with Crippen LogP contribution in [-0.4, -0.2) is 12.5 Å². The molecule has 20 heavy (non-hydrogen) atoms. The van der Waals surface area contributed by atoms with Crippen molar-refractivity contribution in [2.45, 2.75) is 0 Å². The van der Waals surface area contributed by atoms with E-state index in [0.29, 0.717) is 15.7 Å². The number of amides is 1. The van der Waals surface area contributed by atoms with Gasteiger partial charge in [0.2, 0.25) is 5.91 Å². The van der Waals surface area contributed by atoms with Crippen LogP contribution in [0.1, 0.15) is 0 Å². The lowest BCUT2D eigenvalue weighted by molar-refractivity contribution is -0.114. The van der Waals surface area contributed by atoms with E-state index in [1.54, 1.807) is 18.2 Å². The van der Waals surface area contributed by atoms with Gasteiger partial charge in [-0.2, -0.15) is 0 Å². The van der Waals surface area contributed by atoms with Crippen LogP contribution in [0.4, 0.5) is 11.4 Å². The zero-order chi connectivity index (χ0) is 14.5. The SMILES string of the molecule is O=C(CNc1ccc(Br)cc1)Nc1cccc(Cl)c1Cl. The van der Waals surface area contributed by atoms with E-state index in [2.05, 4.69) is 26.6 Å². The quantitative estimate of drug-likeness (QED) is 0.807. The molecule has 2 aromatic rings. The van der Waals surface area contributed by atoms with Gasteiger partial charge in [-0.1, -0.05) is 45.2 Å². The Bertz CT molecular complexity index is 617. The third-order valence-corrected chi connectivity index (χ3v) is 3.87. The van der Waals surface area contributed by atoms with Gasteiger partial charge >= 0.3 is 0 Å². The van der Waals surface area contributed by atoms with Gasteiger partial charge in [0.15, 0.2) is 0 Å². The molecule has 2 aromatic carbocycles. The fraction of sp³-hybridized carbons (Fsp3) is 0.0714. The van der Waals surface area contributed by atoms with Crippen LogP contribution in [0, 0.1) is 0 Å². The van der Waals surface area contributed by atoms with Gasteiger partial charge in [-0.25, -0.2) is 0 Å². The van der Waals surface area contributed by atoms with Crippen molar-refractivity contribution < 1.29 is 4.79 Å². The maximum absolute atomic E-state index is 11.8. The first-order chi connectivity index (χ1) is 9.56. The topological polar surface area (TPSA) is 41.1 Å². The molecule has 0 atom stereocenters. The van der Waals surface area contributed by atoms with E-state index < -0.39 is 0 Å². The fourth-order valence-corrected chi connectivity index (χ4v) is 2.16. The lowest BCUT2D eigenvalue weighted by Crippen LogP contribution is -2.21. The number of carbonyl (C=O) groups is 1. The second-order valence-corrected chi connectivity index (χ2v) is 5.71. The molecule has 2 N–H and O–H groups in total. The Morgan fingerprint density at radius 2 is 1.80 bits per heavy atom. The van der Waals surface area contributed by atoms with Crippen molar-refractivity contribution in [3.63, 3.8) is 0 Å². The highest BCUT2D eigenvalue weighted by Gasteiger charge is 2.07. The molecule has 0 aliphatic carbocycles. The molecule has 6 heteroatoms. The number of benzene rings is 2. The summed E-state index contributed by atoms with van der Waals surface area (Å²) >= 11 is 15.2. The van der Waals surface area contributed by atoms with Gasteiger partial charge in [-0.15, -0.1) is 0 Å². The van der Waals surface area contributed by atoms with Crippen LogP contribution in [-0.2, 0) is 4.79 Å². The third kappa shape index (κ3) is 4.13. The second kappa shape index (κ2) is 6.97. The van der Waals surface area contributed by atoms with E-state index in [0.717, 1.165) is 10.2 Å². The lowest BCUT2D eigenvalue weighted by Gasteiger charge is -2.09. The Morgan fingerprint density at radius 1 is 1.10 bits per heavy atom. The zero-order valence-corrected chi connectivity index (χ0v) is 13.4. The molecule has 0 saturated heterocycles. The Hall–Kier alpha value is -1.23. The second-order valence-electron chi connectivity index (χ2n) is 4.01. The maximum Gasteiger partial charge on any atom is 0.243 e. The van der Waals surface area contributed by atoms with Crippen molar-refractivity contribution >= 4 is 56.4 Å². The smallest absolute Gasteiger partial charge is 0.243 e. The van der Waals surface area contributed by atoms with Crippen molar-refractivity contribution in [1.29, 1.82) is 0 Å². The van der Waals surface area contributed by atoms with E-state index in [-0.39, 0.29) is 12.5 Å². The molecular formula is C14H11BrCl2N2O. The summed E-state index contributed by atoms with van der Waals surface area (Å²) in [5, 5.41) is 6.47. The van der Waals surface area contributed by atoms with Crippen molar-refractivity contribution in [3.8, 4) is 0 Å². The zero-order valence-electron chi connectivity index (χ0n) is 10.3. The number of rotatable bonds is 4. The summed E-state index contributed by atoms with van der Waals surface area (Å²) in [7, 11) is 0. The first-order valence-corrected chi connectivity index (χ1v) is 7.34. The van der Waals surface area contributed by atoms with Gasteiger partial charge in [-0.05, 0) is 36.4 Å². The number of carbonyl (C=O) groups excluding carboxylic acids is 1. The minimum atomic E-state index is -0.197. The average molecular weight is 374 g/mol. The van der Waals surface area contributed by atoms with E-state index >= 15 is 0 Å². The summed E-state index contributed by atoms with van der Waals surface area (Å²) in [5.41, 5.74) is 1.36. The number of hydrogen-bond donors (Lipinski definition) is 2. The molecule has 0 aromatic heterocycles. The van der Waals surface area contributed by atoms with Crippen LogP contribution in [0.5, 0.6) is 0 Å². The maximum atomic E-state index is 11.8. The highest BCUT2D eigenvalue weighted by molar-refractivity contribution is 9.10. The van der Waals surface area contributed by atoms with E-state index in [9.17, 15) is 4.79 Å². The third-order valence-electron chi connectivity index (χ3n) is 2.52. The molecule has 0 saturated carbocycles. The molecule has 104 valence electrons. The fourth-order valence-electron chi connectivity index (χ4n) is 1.54. The van der Waals surface area contributed by atoms with Gasteiger partial charge in [0.25, 0.3) is 0 Å². The lowest BCUT2D eigenvalue weighted by atomic mass is 10.3. The predicted molar refractivity (Wildman–Crippen MR) is 87.7 cm³/mol. The van der Waals surface area contributed by atoms with Crippen molar-refractivity contribution in [2.75, 3.05) is 17.2 Å². The number of hydrogen-bond acceptors (Lipinski definition) is 2. The normalized spacial score (nSPS) is 10.2. The van der Waals surface area contributed by atoms with Gasteiger partial charge in [0, 0.05) is 10.2 Å². The Kier molecular flexibility index (Phi) is 5.29. The molecule has 0 fully saturated rings. The summed E-state index contributed by atoms with van der Waals surface area (Å²) < 4.78 is 0.984. The standard InChI is InChI=1S/C14H11BrCl2N2O/c15-9-4-6-10(7-5-9)18-8-13(20)19-12-3-1-2-11(16)14(12)17/h1-7,18H,8H2,(H,19,20). The molecule has 3 nitrogen and oxygen atoms in total.